The molecule has 0 aliphatic heterocycles. The highest BCUT2D eigenvalue weighted by molar-refractivity contribution is 7.99. The molecule has 1 aromatic heterocycles. The first-order chi connectivity index (χ1) is 15.8. The maximum absolute atomic E-state index is 12.6. The van der Waals surface area contributed by atoms with E-state index in [-0.39, 0.29) is 23.8 Å². The molecule has 0 bridgehead atoms. The zero-order valence-corrected chi connectivity index (χ0v) is 20.6. The lowest BCUT2D eigenvalue weighted by Crippen LogP contribution is -2.17. The van der Waals surface area contributed by atoms with Crippen LogP contribution in [0.4, 0.5) is 5.69 Å². The van der Waals surface area contributed by atoms with Gasteiger partial charge in [0.15, 0.2) is 28.6 Å². The number of ether oxygens (including phenoxy) is 3. The van der Waals surface area contributed by atoms with E-state index in [1.807, 2.05) is 74.7 Å². The first-order valence-corrected chi connectivity index (χ1v) is 11.6. The predicted octanol–water partition coefficient (Wildman–Crippen LogP) is 5.06. The van der Waals surface area contributed by atoms with E-state index >= 15 is 0 Å². The van der Waals surface area contributed by atoms with Crippen molar-refractivity contribution in [3.8, 4) is 17.2 Å². The topological polar surface area (TPSA) is 87.5 Å². The quantitative estimate of drug-likeness (QED) is 0.415. The van der Waals surface area contributed by atoms with Crippen molar-refractivity contribution in [1.29, 1.82) is 0 Å². The number of nitrogens with one attached hydrogen (secondary N) is 1. The highest BCUT2D eigenvalue weighted by Gasteiger charge is 2.23. The first-order valence-electron chi connectivity index (χ1n) is 10.7. The normalized spacial score (nSPS) is 11.8. The molecule has 3 aromatic rings. The van der Waals surface area contributed by atoms with Crippen molar-refractivity contribution < 1.29 is 19.0 Å². The number of carbonyl (C=O) groups is 1. The number of amides is 1. The molecule has 0 saturated carbocycles. The van der Waals surface area contributed by atoms with E-state index in [4.69, 9.17) is 14.2 Å². The zero-order chi connectivity index (χ0) is 24.0. The van der Waals surface area contributed by atoms with Crippen molar-refractivity contribution in [3.05, 3.63) is 53.9 Å². The molecule has 1 amide bonds. The third kappa shape index (κ3) is 5.98. The van der Waals surface area contributed by atoms with E-state index in [0.29, 0.717) is 33.9 Å². The maximum Gasteiger partial charge on any atom is 0.234 e. The van der Waals surface area contributed by atoms with E-state index in [1.54, 1.807) is 14.2 Å². The summed E-state index contributed by atoms with van der Waals surface area (Å²) in [6, 6.07) is 13.2. The van der Waals surface area contributed by atoms with Crippen molar-refractivity contribution in [3.63, 3.8) is 0 Å². The monoisotopic (exact) mass is 470 g/mol. The second-order valence-corrected chi connectivity index (χ2v) is 8.70. The standard InChI is InChI=1S/C24H30N4O4S/c1-15(2)28-23(17(4)32-21-10-8-7-9-20(21)31-6)26-27-24(28)33-14-22(29)25-18-13-16(3)11-12-19(18)30-5/h7-13,15,17H,14H2,1-6H3,(H,25,29). The Kier molecular flexibility index (Phi) is 8.21. The lowest BCUT2D eigenvalue weighted by atomic mass is 10.2. The average molecular weight is 471 g/mol. The molecule has 0 spiro atoms. The number of aromatic nitrogens is 3. The van der Waals surface area contributed by atoms with Gasteiger partial charge < -0.3 is 24.1 Å². The third-order valence-electron chi connectivity index (χ3n) is 4.91. The molecule has 33 heavy (non-hydrogen) atoms. The molecular formula is C24H30N4O4S. The minimum Gasteiger partial charge on any atom is -0.495 e. The van der Waals surface area contributed by atoms with Crippen molar-refractivity contribution in [1.82, 2.24) is 14.8 Å². The summed E-state index contributed by atoms with van der Waals surface area (Å²) in [6.07, 6.45) is -0.365. The Morgan fingerprint density at radius 1 is 1.03 bits per heavy atom. The van der Waals surface area contributed by atoms with E-state index in [0.717, 1.165) is 5.56 Å². The van der Waals surface area contributed by atoms with Crippen molar-refractivity contribution in [2.75, 3.05) is 25.3 Å². The number of benzene rings is 2. The summed E-state index contributed by atoms with van der Waals surface area (Å²) in [7, 11) is 3.19. The molecule has 1 unspecified atom stereocenters. The van der Waals surface area contributed by atoms with Gasteiger partial charge in [-0.05, 0) is 57.5 Å². The Morgan fingerprint density at radius 2 is 1.73 bits per heavy atom. The summed E-state index contributed by atoms with van der Waals surface area (Å²) >= 11 is 1.33. The Balaban J connectivity index is 1.72. The number of methoxy groups -OCH3 is 2. The molecule has 0 fully saturated rings. The second-order valence-electron chi connectivity index (χ2n) is 7.76. The maximum atomic E-state index is 12.6. The average Bonchev–Trinajstić information content (AvgIpc) is 3.23. The van der Waals surface area contributed by atoms with E-state index < -0.39 is 0 Å². The van der Waals surface area contributed by atoms with E-state index in [9.17, 15) is 4.79 Å². The van der Waals surface area contributed by atoms with Crippen LogP contribution in [0.15, 0.2) is 47.6 Å². The van der Waals surface area contributed by atoms with E-state index in [2.05, 4.69) is 15.5 Å². The first kappa shape index (κ1) is 24.4. The Bertz CT molecular complexity index is 1100. The number of anilines is 1. The van der Waals surface area contributed by atoms with Gasteiger partial charge in [-0.25, -0.2) is 0 Å². The molecule has 1 atom stereocenters. The molecule has 3 rings (SSSR count). The molecule has 0 aliphatic carbocycles. The summed E-state index contributed by atoms with van der Waals surface area (Å²) in [5, 5.41) is 12.3. The van der Waals surface area contributed by atoms with Gasteiger partial charge in [0.2, 0.25) is 5.91 Å². The predicted molar refractivity (Wildman–Crippen MR) is 130 cm³/mol. The van der Waals surface area contributed by atoms with Crippen molar-refractivity contribution in [2.24, 2.45) is 0 Å². The van der Waals surface area contributed by atoms with Gasteiger partial charge in [-0.3, -0.25) is 4.79 Å². The molecule has 176 valence electrons. The fraction of sp³-hybridized carbons (Fsp3) is 0.375. The summed E-state index contributed by atoms with van der Waals surface area (Å²) in [6.45, 7) is 7.97. The minimum absolute atomic E-state index is 0.0844. The minimum atomic E-state index is -0.365. The van der Waals surface area contributed by atoms with Gasteiger partial charge in [-0.15, -0.1) is 10.2 Å². The molecule has 1 N–H and O–H groups in total. The van der Waals surface area contributed by atoms with Gasteiger partial charge in [0, 0.05) is 6.04 Å². The van der Waals surface area contributed by atoms with Gasteiger partial charge in [-0.2, -0.15) is 0 Å². The lowest BCUT2D eigenvalue weighted by molar-refractivity contribution is -0.113. The summed E-state index contributed by atoms with van der Waals surface area (Å²) in [5.41, 5.74) is 1.68. The van der Waals surface area contributed by atoms with Crippen LogP contribution in [-0.4, -0.2) is 40.6 Å². The fourth-order valence-corrected chi connectivity index (χ4v) is 4.22. The van der Waals surface area contributed by atoms with Crippen LogP contribution < -0.4 is 19.5 Å². The van der Waals surface area contributed by atoms with Crippen LogP contribution in [0.5, 0.6) is 17.2 Å². The second kappa shape index (κ2) is 11.1. The molecule has 1 heterocycles. The molecule has 0 saturated heterocycles. The number of para-hydroxylation sites is 2. The number of hydrogen-bond donors (Lipinski definition) is 1. The van der Waals surface area contributed by atoms with Gasteiger partial charge in [0.05, 0.1) is 25.7 Å². The number of carbonyl (C=O) groups excluding carboxylic acids is 1. The smallest absolute Gasteiger partial charge is 0.234 e. The highest BCUT2D eigenvalue weighted by atomic mass is 32.2. The number of rotatable bonds is 10. The molecule has 8 nitrogen and oxygen atoms in total. The number of hydrogen-bond acceptors (Lipinski definition) is 7. The van der Waals surface area contributed by atoms with Crippen LogP contribution in [0.3, 0.4) is 0 Å². The molecule has 0 aliphatic rings. The van der Waals surface area contributed by atoms with Crippen LogP contribution in [0.25, 0.3) is 0 Å². The third-order valence-corrected chi connectivity index (χ3v) is 5.85. The SMILES string of the molecule is COc1ccc(C)cc1NC(=O)CSc1nnc(C(C)Oc2ccccc2OC)n1C(C)C. The van der Waals surface area contributed by atoms with Gasteiger partial charge in [-0.1, -0.05) is 30.0 Å². The summed E-state index contributed by atoms with van der Waals surface area (Å²) in [4.78, 5) is 12.6. The van der Waals surface area contributed by atoms with Gasteiger partial charge in [0.25, 0.3) is 0 Å². The number of nitrogens with zero attached hydrogens (tertiary/aromatic N) is 3. The van der Waals surface area contributed by atoms with Crippen LogP contribution in [0, 0.1) is 6.92 Å². The van der Waals surface area contributed by atoms with Gasteiger partial charge >= 0.3 is 0 Å². The van der Waals surface area contributed by atoms with Crippen LogP contribution in [0.1, 0.15) is 44.3 Å². The Morgan fingerprint density at radius 3 is 2.39 bits per heavy atom. The molecule has 2 aromatic carbocycles. The largest absolute Gasteiger partial charge is 0.495 e. The Labute approximate surface area is 198 Å². The molecule has 9 heteroatoms. The fourth-order valence-electron chi connectivity index (χ4n) is 3.34. The van der Waals surface area contributed by atoms with Crippen LogP contribution in [-0.2, 0) is 4.79 Å². The summed E-state index contributed by atoms with van der Waals surface area (Å²) in [5.74, 6) is 2.61. The van der Waals surface area contributed by atoms with Crippen LogP contribution in [0.2, 0.25) is 0 Å². The number of thioether (sulfide) groups is 1. The molecular weight excluding hydrogens is 440 g/mol. The van der Waals surface area contributed by atoms with E-state index in [1.165, 1.54) is 11.8 Å². The van der Waals surface area contributed by atoms with Gasteiger partial charge in [0.1, 0.15) is 5.75 Å². The Hall–Kier alpha value is -3.20. The van der Waals surface area contributed by atoms with Crippen molar-refractivity contribution in [2.45, 2.75) is 45.0 Å². The van der Waals surface area contributed by atoms with Crippen molar-refractivity contribution >= 4 is 23.4 Å². The highest BCUT2D eigenvalue weighted by Crippen LogP contribution is 2.32. The summed E-state index contributed by atoms with van der Waals surface area (Å²) < 4.78 is 18.8. The number of aryl methyl sites for hydroxylation is 1. The molecule has 0 radical (unpaired) electrons. The lowest BCUT2D eigenvalue weighted by Gasteiger charge is -2.19. The zero-order valence-electron chi connectivity index (χ0n) is 19.8. The van der Waals surface area contributed by atoms with Crippen LogP contribution >= 0.6 is 11.8 Å².